The Kier molecular flexibility index (Phi) is 5.69. The summed E-state index contributed by atoms with van der Waals surface area (Å²) in [6.45, 7) is 4.80. The van der Waals surface area contributed by atoms with Gasteiger partial charge in [-0.25, -0.2) is 5.32 Å². The van der Waals surface area contributed by atoms with Crippen molar-refractivity contribution in [1.29, 1.82) is 0 Å². The van der Waals surface area contributed by atoms with Crippen molar-refractivity contribution in [1.82, 2.24) is 9.88 Å². The van der Waals surface area contributed by atoms with Crippen LogP contribution in [0.4, 0.5) is 5.69 Å². The largest absolute Gasteiger partial charge is 0.309 e. The van der Waals surface area contributed by atoms with Gasteiger partial charge in [-0.05, 0) is 70.1 Å². The Morgan fingerprint density at radius 3 is 2.00 bits per heavy atom. The quantitative estimate of drug-likeness (QED) is 0.195. The highest BCUT2D eigenvalue weighted by atomic mass is 15.3. The first kappa shape index (κ1) is 27.2. The second kappa shape index (κ2) is 10.0. The van der Waals surface area contributed by atoms with Crippen molar-refractivity contribution in [3.05, 3.63) is 180 Å². The SMILES string of the molecule is CC1(C)c2ccccc2-c2c1c1c3ccccc3n(-c3ccc([N+]4=C(c5ccccc5)NC4c4ccccc4)cc3)c1c1ccccc21. The molecular formula is C45H34N3+. The van der Waals surface area contributed by atoms with Gasteiger partial charge in [0.15, 0.2) is 0 Å². The molecule has 3 nitrogen and oxygen atoms in total. The minimum atomic E-state index is -0.131. The molecule has 1 aromatic heterocycles. The minimum absolute atomic E-state index is 0.0656. The summed E-state index contributed by atoms with van der Waals surface area (Å²) in [5, 5.41) is 9.02. The van der Waals surface area contributed by atoms with Crippen LogP contribution in [0.3, 0.4) is 0 Å². The fraction of sp³-hybridized carbons (Fsp3) is 0.0889. The molecule has 0 spiro atoms. The summed E-state index contributed by atoms with van der Waals surface area (Å²) >= 11 is 0. The van der Waals surface area contributed by atoms with Gasteiger partial charge in [0.05, 0.1) is 16.6 Å². The van der Waals surface area contributed by atoms with Gasteiger partial charge in [-0.15, -0.1) is 0 Å². The maximum absolute atomic E-state index is 3.75. The predicted molar refractivity (Wildman–Crippen MR) is 199 cm³/mol. The fourth-order valence-electron chi connectivity index (χ4n) is 8.52. The maximum atomic E-state index is 3.75. The van der Waals surface area contributed by atoms with E-state index in [1.165, 1.54) is 66.0 Å². The molecule has 1 aliphatic heterocycles. The van der Waals surface area contributed by atoms with E-state index in [4.69, 9.17) is 0 Å². The number of fused-ring (bicyclic) bond motifs is 10. The summed E-state index contributed by atoms with van der Waals surface area (Å²) in [5.74, 6) is 1.12. The van der Waals surface area contributed by atoms with Gasteiger partial charge in [-0.1, -0.05) is 129 Å². The third-order valence-electron chi connectivity index (χ3n) is 10.6. The predicted octanol–water partition coefficient (Wildman–Crippen LogP) is 10.6. The molecule has 3 heteroatoms. The van der Waals surface area contributed by atoms with Crippen LogP contribution in [0, 0.1) is 0 Å². The number of nitrogens with one attached hydrogen (secondary N) is 1. The van der Waals surface area contributed by atoms with E-state index >= 15 is 0 Å². The molecule has 0 radical (unpaired) electrons. The Morgan fingerprint density at radius 1 is 0.604 bits per heavy atom. The number of rotatable bonds is 4. The van der Waals surface area contributed by atoms with Crippen molar-refractivity contribution in [3.63, 3.8) is 0 Å². The molecule has 2 aliphatic rings. The van der Waals surface area contributed by atoms with Gasteiger partial charge in [0.2, 0.25) is 0 Å². The van der Waals surface area contributed by atoms with Crippen molar-refractivity contribution in [2.24, 2.45) is 0 Å². The molecule has 0 bridgehead atoms. The summed E-state index contributed by atoms with van der Waals surface area (Å²) in [7, 11) is 0. The first-order chi connectivity index (χ1) is 23.6. The minimum Gasteiger partial charge on any atom is -0.309 e. The first-order valence-electron chi connectivity index (χ1n) is 16.8. The lowest BCUT2D eigenvalue weighted by Gasteiger charge is -2.29. The third-order valence-corrected chi connectivity index (χ3v) is 10.6. The van der Waals surface area contributed by atoms with Gasteiger partial charge in [-0.2, -0.15) is 4.58 Å². The Morgan fingerprint density at radius 2 is 1.23 bits per heavy atom. The Balaban J connectivity index is 1.22. The molecule has 1 unspecified atom stereocenters. The summed E-state index contributed by atoms with van der Waals surface area (Å²) in [4.78, 5) is 0. The van der Waals surface area contributed by atoms with Crippen LogP contribution in [-0.4, -0.2) is 15.0 Å². The molecule has 0 amide bonds. The van der Waals surface area contributed by atoms with Gasteiger partial charge < -0.3 is 4.57 Å². The highest BCUT2D eigenvalue weighted by molar-refractivity contribution is 6.25. The smallest absolute Gasteiger partial charge is 0.289 e. The Labute approximate surface area is 280 Å². The van der Waals surface area contributed by atoms with Crippen molar-refractivity contribution < 1.29 is 4.58 Å². The molecule has 1 atom stereocenters. The molecule has 1 aliphatic carbocycles. The van der Waals surface area contributed by atoms with Crippen LogP contribution in [0.2, 0.25) is 0 Å². The molecule has 0 saturated heterocycles. The van der Waals surface area contributed by atoms with Crippen LogP contribution in [0.25, 0.3) is 49.4 Å². The van der Waals surface area contributed by atoms with Gasteiger partial charge in [-0.3, -0.25) is 0 Å². The molecular weight excluding hydrogens is 583 g/mol. The van der Waals surface area contributed by atoms with E-state index < -0.39 is 0 Å². The number of hydrogen-bond donors (Lipinski definition) is 1. The molecule has 48 heavy (non-hydrogen) atoms. The van der Waals surface area contributed by atoms with Gasteiger partial charge in [0, 0.05) is 32.8 Å². The van der Waals surface area contributed by atoms with E-state index in [1.54, 1.807) is 0 Å². The van der Waals surface area contributed by atoms with Crippen molar-refractivity contribution >= 4 is 44.1 Å². The van der Waals surface area contributed by atoms with E-state index in [0.717, 1.165) is 17.2 Å². The Bertz CT molecular complexity index is 2590. The van der Waals surface area contributed by atoms with E-state index in [-0.39, 0.29) is 11.6 Å². The monoisotopic (exact) mass is 616 g/mol. The molecule has 8 aromatic rings. The second-order valence-electron chi connectivity index (χ2n) is 13.6. The van der Waals surface area contributed by atoms with Crippen molar-refractivity contribution in [3.8, 4) is 16.8 Å². The van der Waals surface area contributed by atoms with Gasteiger partial charge in [0.25, 0.3) is 12.0 Å². The fourth-order valence-corrected chi connectivity index (χ4v) is 8.52. The second-order valence-corrected chi connectivity index (χ2v) is 13.6. The Hall–Kier alpha value is -5.93. The van der Waals surface area contributed by atoms with Crippen LogP contribution in [0.1, 0.15) is 42.3 Å². The zero-order valence-corrected chi connectivity index (χ0v) is 27.0. The van der Waals surface area contributed by atoms with Crippen molar-refractivity contribution in [2.45, 2.75) is 25.4 Å². The molecule has 7 aromatic carbocycles. The van der Waals surface area contributed by atoms with Gasteiger partial charge >= 0.3 is 0 Å². The van der Waals surface area contributed by atoms with E-state index in [9.17, 15) is 0 Å². The van der Waals surface area contributed by atoms with Crippen LogP contribution in [0.5, 0.6) is 0 Å². The normalized spacial score (nSPS) is 16.2. The number of nitrogens with zero attached hydrogens (tertiary/aromatic N) is 2. The van der Waals surface area contributed by atoms with Crippen LogP contribution in [0.15, 0.2) is 158 Å². The number of amidine groups is 1. The lowest BCUT2D eigenvalue weighted by Crippen LogP contribution is -2.51. The topological polar surface area (TPSA) is 20.0 Å². The average molecular weight is 617 g/mol. The lowest BCUT2D eigenvalue weighted by molar-refractivity contribution is -0.531. The summed E-state index contributed by atoms with van der Waals surface area (Å²) in [5.41, 5.74) is 12.7. The van der Waals surface area contributed by atoms with Gasteiger partial charge in [0.1, 0.15) is 5.69 Å². The van der Waals surface area contributed by atoms with Crippen LogP contribution in [-0.2, 0) is 5.41 Å². The van der Waals surface area contributed by atoms with E-state index in [1.807, 2.05) is 0 Å². The van der Waals surface area contributed by atoms with E-state index in [0.29, 0.717) is 0 Å². The number of benzene rings is 7. The van der Waals surface area contributed by atoms with E-state index in [2.05, 4.69) is 186 Å². The average Bonchev–Trinajstić information content (AvgIpc) is 3.59. The molecule has 2 heterocycles. The first-order valence-corrected chi connectivity index (χ1v) is 16.8. The molecule has 228 valence electrons. The van der Waals surface area contributed by atoms with Crippen LogP contribution >= 0.6 is 0 Å². The number of hydrogen-bond acceptors (Lipinski definition) is 1. The highest BCUT2D eigenvalue weighted by Gasteiger charge is 2.41. The summed E-state index contributed by atoms with van der Waals surface area (Å²) in [6.07, 6.45) is 0.0656. The summed E-state index contributed by atoms with van der Waals surface area (Å²) < 4.78 is 4.92. The molecule has 10 rings (SSSR count). The highest BCUT2D eigenvalue weighted by Crippen LogP contribution is 2.56. The lowest BCUT2D eigenvalue weighted by atomic mass is 9.79. The molecule has 0 saturated carbocycles. The summed E-state index contributed by atoms with van der Waals surface area (Å²) in [6, 6.07) is 57.4. The molecule has 1 N–H and O–H groups in total. The zero-order valence-electron chi connectivity index (χ0n) is 27.0. The number of para-hydroxylation sites is 1. The molecule has 0 fully saturated rings. The van der Waals surface area contributed by atoms with Crippen LogP contribution < -0.4 is 5.32 Å². The van der Waals surface area contributed by atoms with Crippen molar-refractivity contribution in [2.75, 3.05) is 0 Å². The third kappa shape index (κ3) is 3.67. The zero-order chi connectivity index (χ0) is 32.0. The number of aromatic nitrogens is 1. The maximum Gasteiger partial charge on any atom is 0.289 e. The standard InChI is InChI=1S/C45H33N3/c1-45(2)37-23-13-11-21-35(37)39-33-19-9-10-20-34(33)42-40(41(39)45)36-22-12-14-24-38(36)47(42)31-25-27-32(28-26-31)48-43(29-15-5-3-6-16-29)46-44(48)30-17-7-4-8-18-30/h3-28,43H,1-2H3/p+1.